The molecule has 0 radical (unpaired) electrons. The Labute approximate surface area is 125 Å². The molecule has 0 spiro atoms. The van der Waals surface area contributed by atoms with Gasteiger partial charge in [0.15, 0.2) is 0 Å². The lowest BCUT2D eigenvalue weighted by Gasteiger charge is -2.08. The molecule has 0 unspecified atom stereocenters. The zero-order chi connectivity index (χ0) is 14.7. The summed E-state index contributed by atoms with van der Waals surface area (Å²) in [5.74, 6) is 1.59. The molecule has 20 heavy (non-hydrogen) atoms. The Morgan fingerprint density at radius 1 is 1.40 bits per heavy atom. The van der Waals surface area contributed by atoms with Crippen LogP contribution in [0.1, 0.15) is 36.6 Å². The third-order valence-electron chi connectivity index (χ3n) is 3.29. The predicted molar refractivity (Wildman–Crippen MR) is 81.1 cm³/mol. The molecule has 0 amide bonds. The van der Waals surface area contributed by atoms with Gasteiger partial charge in [-0.1, -0.05) is 25.4 Å². The number of rotatable bonds is 6. The highest BCUT2D eigenvalue weighted by Gasteiger charge is 2.12. The molecule has 4 nitrogen and oxygen atoms in total. The van der Waals surface area contributed by atoms with Crippen LogP contribution in [0.2, 0.25) is 5.02 Å². The van der Waals surface area contributed by atoms with Crippen LogP contribution < -0.4 is 5.32 Å². The van der Waals surface area contributed by atoms with Crippen LogP contribution in [0.3, 0.4) is 0 Å². The zero-order valence-electron chi connectivity index (χ0n) is 12.5. The van der Waals surface area contributed by atoms with E-state index < -0.39 is 0 Å². The van der Waals surface area contributed by atoms with Crippen molar-refractivity contribution in [1.82, 2.24) is 15.1 Å². The largest absolute Gasteiger partial charge is 0.468 e. The van der Waals surface area contributed by atoms with Gasteiger partial charge in [0.1, 0.15) is 5.76 Å². The van der Waals surface area contributed by atoms with Crippen molar-refractivity contribution in [2.45, 2.75) is 40.8 Å². The van der Waals surface area contributed by atoms with Crippen LogP contribution >= 0.6 is 11.6 Å². The second-order valence-electron chi connectivity index (χ2n) is 5.54. The summed E-state index contributed by atoms with van der Waals surface area (Å²) in [6.07, 6.45) is 1.73. The van der Waals surface area contributed by atoms with E-state index in [1.165, 1.54) is 0 Å². The average Bonchev–Trinajstić information content (AvgIpc) is 2.91. The standard InChI is InChI=1S/C15H22ClN3O/c1-10(2)7-17-8-14-13(5-6-20-14)9-19-12(4)15(16)11(3)18-19/h5-6,10,17H,7-9H2,1-4H3. The van der Waals surface area contributed by atoms with Gasteiger partial charge in [0.2, 0.25) is 0 Å². The van der Waals surface area contributed by atoms with Crippen LogP contribution in [0.4, 0.5) is 0 Å². The van der Waals surface area contributed by atoms with Crippen LogP contribution in [-0.2, 0) is 13.1 Å². The normalized spacial score (nSPS) is 11.5. The smallest absolute Gasteiger partial charge is 0.122 e. The summed E-state index contributed by atoms with van der Waals surface area (Å²) in [5.41, 5.74) is 3.00. The quantitative estimate of drug-likeness (QED) is 0.886. The molecule has 2 aromatic heterocycles. The van der Waals surface area contributed by atoms with Gasteiger partial charge in [-0.3, -0.25) is 4.68 Å². The molecule has 0 atom stereocenters. The fraction of sp³-hybridized carbons (Fsp3) is 0.533. The number of nitrogens with one attached hydrogen (secondary N) is 1. The summed E-state index contributed by atoms with van der Waals surface area (Å²) in [6.45, 7) is 10.7. The Kier molecular flexibility index (Phi) is 4.89. The minimum Gasteiger partial charge on any atom is -0.468 e. The van der Waals surface area contributed by atoms with Gasteiger partial charge in [0, 0.05) is 5.56 Å². The molecule has 5 heteroatoms. The highest BCUT2D eigenvalue weighted by Crippen LogP contribution is 2.21. The zero-order valence-corrected chi connectivity index (χ0v) is 13.3. The Morgan fingerprint density at radius 3 is 2.75 bits per heavy atom. The Balaban J connectivity index is 2.06. The average molecular weight is 296 g/mol. The first-order valence-corrected chi connectivity index (χ1v) is 7.32. The second kappa shape index (κ2) is 6.46. The van der Waals surface area contributed by atoms with Gasteiger partial charge in [0.05, 0.1) is 35.8 Å². The minimum atomic E-state index is 0.628. The molecule has 2 aromatic rings. The number of furan rings is 1. The lowest BCUT2D eigenvalue weighted by molar-refractivity contribution is 0.457. The molecular weight excluding hydrogens is 274 g/mol. The van der Waals surface area contributed by atoms with E-state index in [-0.39, 0.29) is 0 Å². The Bertz CT molecular complexity index is 572. The number of aryl methyl sites for hydroxylation is 1. The van der Waals surface area contributed by atoms with Gasteiger partial charge >= 0.3 is 0 Å². The van der Waals surface area contributed by atoms with Crippen LogP contribution in [-0.4, -0.2) is 16.3 Å². The fourth-order valence-corrected chi connectivity index (χ4v) is 2.26. The predicted octanol–water partition coefficient (Wildman–Crippen LogP) is 3.54. The SMILES string of the molecule is Cc1nn(Cc2ccoc2CNCC(C)C)c(C)c1Cl. The summed E-state index contributed by atoms with van der Waals surface area (Å²) in [7, 11) is 0. The highest BCUT2D eigenvalue weighted by atomic mass is 35.5. The van der Waals surface area contributed by atoms with Crippen LogP contribution in [0.15, 0.2) is 16.7 Å². The van der Waals surface area contributed by atoms with E-state index in [0.717, 1.165) is 40.8 Å². The topological polar surface area (TPSA) is 43.0 Å². The monoisotopic (exact) mass is 295 g/mol. The van der Waals surface area contributed by atoms with Gasteiger partial charge < -0.3 is 9.73 Å². The van der Waals surface area contributed by atoms with E-state index in [9.17, 15) is 0 Å². The summed E-state index contributed by atoms with van der Waals surface area (Å²) < 4.78 is 7.48. The minimum absolute atomic E-state index is 0.628. The molecule has 0 aliphatic heterocycles. The molecule has 0 saturated heterocycles. The van der Waals surface area contributed by atoms with E-state index in [4.69, 9.17) is 16.0 Å². The molecule has 110 valence electrons. The number of hydrogen-bond donors (Lipinski definition) is 1. The number of halogens is 1. The Morgan fingerprint density at radius 2 is 2.15 bits per heavy atom. The molecule has 0 fully saturated rings. The van der Waals surface area contributed by atoms with Gasteiger partial charge in [-0.15, -0.1) is 0 Å². The first kappa shape index (κ1) is 15.1. The van der Waals surface area contributed by atoms with Gasteiger partial charge in [-0.25, -0.2) is 0 Å². The molecule has 2 heterocycles. The van der Waals surface area contributed by atoms with Crippen LogP contribution in [0.5, 0.6) is 0 Å². The molecular formula is C15H22ClN3O. The molecule has 1 N–H and O–H groups in total. The van der Waals surface area contributed by atoms with Crippen molar-refractivity contribution in [2.24, 2.45) is 5.92 Å². The van der Waals surface area contributed by atoms with Gasteiger partial charge in [-0.05, 0) is 32.4 Å². The second-order valence-corrected chi connectivity index (χ2v) is 5.91. The Hall–Kier alpha value is -1.26. The maximum atomic E-state index is 6.18. The van der Waals surface area contributed by atoms with Crippen molar-refractivity contribution in [3.63, 3.8) is 0 Å². The summed E-state index contributed by atoms with van der Waals surface area (Å²) in [4.78, 5) is 0. The van der Waals surface area contributed by atoms with Crippen LogP contribution in [0, 0.1) is 19.8 Å². The number of hydrogen-bond acceptors (Lipinski definition) is 3. The van der Waals surface area contributed by atoms with Gasteiger partial charge in [-0.2, -0.15) is 5.10 Å². The lowest BCUT2D eigenvalue weighted by Crippen LogP contribution is -2.19. The van der Waals surface area contributed by atoms with Crippen molar-refractivity contribution in [2.75, 3.05) is 6.54 Å². The van der Waals surface area contributed by atoms with Crippen molar-refractivity contribution >= 4 is 11.6 Å². The maximum absolute atomic E-state index is 6.18. The maximum Gasteiger partial charge on any atom is 0.122 e. The third-order valence-corrected chi connectivity index (χ3v) is 3.84. The fourth-order valence-electron chi connectivity index (χ4n) is 2.13. The van der Waals surface area contributed by atoms with Crippen molar-refractivity contribution in [3.05, 3.63) is 40.1 Å². The van der Waals surface area contributed by atoms with Gasteiger partial charge in [0.25, 0.3) is 0 Å². The molecule has 0 aliphatic rings. The van der Waals surface area contributed by atoms with E-state index in [2.05, 4.69) is 24.3 Å². The molecule has 0 saturated carbocycles. The van der Waals surface area contributed by atoms with E-state index in [1.54, 1.807) is 6.26 Å². The highest BCUT2D eigenvalue weighted by molar-refractivity contribution is 6.31. The third kappa shape index (κ3) is 3.44. The number of aromatic nitrogens is 2. The first-order chi connectivity index (χ1) is 9.49. The van der Waals surface area contributed by atoms with Crippen molar-refractivity contribution < 1.29 is 4.42 Å². The first-order valence-electron chi connectivity index (χ1n) is 6.94. The molecule has 0 aliphatic carbocycles. The van der Waals surface area contributed by atoms with Crippen molar-refractivity contribution in [1.29, 1.82) is 0 Å². The van der Waals surface area contributed by atoms with Crippen molar-refractivity contribution in [3.8, 4) is 0 Å². The van der Waals surface area contributed by atoms with Crippen LogP contribution in [0.25, 0.3) is 0 Å². The molecule has 0 aromatic carbocycles. The van der Waals surface area contributed by atoms with E-state index in [1.807, 2.05) is 24.6 Å². The molecule has 2 rings (SSSR count). The molecule has 0 bridgehead atoms. The lowest BCUT2D eigenvalue weighted by atomic mass is 10.2. The van der Waals surface area contributed by atoms with E-state index >= 15 is 0 Å². The number of nitrogens with zero attached hydrogens (tertiary/aromatic N) is 2. The summed E-state index contributed by atoms with van der Waals surface area (Å²) >= 11 is 6.18. The summed E-state index contributed by atoms with van der Waals surface area (Å²) in [5, 5.41) is 8.60. The summed E-state index contributed by atoms with van der Waals surface area (Å²) in [6, 6.07) is 2.00. The van der Waals surface area contributed by atoms with E-state index in [0.29, 0.717) is 12.5 Å².